The van der Waals surface area contributed by atoms with E-state index >= 15 is 0 Å². The fourth-order valence-electron chi connectivity index (χ4n) is 2.19. The van der Waals surface area contributed by atoms with Crippen molar-refractivity contribution in [3.63, 3.8) is 0 Å². The van der Waals surface area contributed by atoms with E-state index in [9.17, 15) is 0 Å². The quantitative estimate of drug-likeness (QED) is 0.595. The number of aryl methyl sites for hydroxylation is 2. The molecule has 0 heterocycles. The highest BCUT2D eigenvalue weighted by molar-refractivity contribution is 5.34. The molecule has 0 atom stereocenters. The Balaban J connectivity index is 2.30. The fourth-order valence-corrected chi connectivity index (χ4v) is 2.19. The van der Waals surface area contributed by atoms with Crippen molar-refractivity contribution in [2.75, 3.05) is 0 Å². The Kier molecular flexibility index (Phi) is 3.25. The average molecular weight is 200 g/mol. The van der Waals surface area contributed by atoms with E-state index in [1.54, 1.807) is 11.1 Å². The average Bonchev–Trinajstić information content (AvgIpc) is 2.18. The molecule has 15 heavy (non-hydrogen) atoms. The Morgan fingerprint density at radius 1 is 0.933 bits per heavy atom. The number of benzene rings is 1. The Labute approximate surface area is 93.0 Å². The van der Waals surface area contributed by atoms with Crippen LogP contribution in [-0.4, -0.2) is 0 Å². The van der Waals surface area contributed by atoms with Crippen LogP contribution in [0, 0.1) is 0 Å². The molecular weight excluding hydrogens is 180 g/mol. The van der Waals surface area contributed by atoms with Gasteiger partial charge < -0.3 is 0 Å². The zero-order valence-electron chi connectivity index (χ0n) is 9.79. The lowest BCUT2D eigenvalue weighted by atomic mass is 9.92. The second-order valence-electron chi connectivity index (χ2n) is 4.73. The summed E-state index contributed by atoms with van der Waals surface area (Å²) in [6, 6.07) is 7.05. The van der Waals surface area contributed by atoms with Gasteiger partial charge in [-0.3, -0.25) is 0 Å². The van der Waals surface area contributed by atoms with Gasteiger partial charge in [-0.15, -0.1) is 0 Å². The second-order valence-corrected chi connectivity index (χ2v) is 4.73. The summed E-state index contributed by atoms with van der Waals surface area (Å²) in [4.78, 5) is 0. The monoisotopic (exact) mass is 200 g/mol. The Hall–Kier alpha value is -1.04. The van der Waals surface area contributed by atoms with Crippen LogP contribution in [0.3, 0.4) is 0 Å². The summed E-state index contributed by atoms with van der Waals surface area (Å²) < 4.78 is 0. The van der Waals surface area contributed by atoms with E-state index in [1.807, 2.05) is 0 Å². The van der Waals surface area contributed by atoms with E-state index in [1.165, 1.54) is 31.2 Å². The van der Waals surface area contributed by atoms with Crippen LogP contribution in [0.4, 0.5) is 0 Å². The summed E-state index contributed by atoms with van der Waals surface area (Å²) in [6.07, 6.45) is 9.48. The zero-order chi connectivity index (χ0) is 10.7. The largest absolute Gasteiger partial charge is 0.0882 e. The first-order chi connectivity index (χ1) is 7.27. The van der Waals surface area contributed by atoms with Crippen molar-refractivity contribution in [1.82, 2.24) is 0 Å². The first-order valence-corrected chi connectivity index (χ1v) is 6.04. The van der Waals surface area contributed by atoms with E-state index < -0.39 is 0 Å². The maximum absolute atomic E-state index is 2.42. The van der Waals surface area contributed by atoms with Crippen molar-refractivity contribution in [2.45, 2.75) is 45.4 Å². The van der Waals surface area contributed by atoms with Gasteiger partial charge in [0.1, 0.15) is 0 Å². The highest BCUT2D eigenvalue weighted by Crippen LogP contribution is 2.22. The molecule has 1 aromatic carbocycles. The second kappa shape index (κ2) is 4.65. The van der Waals surface area contributed by atoms with E-state index in [4.69, 9.17) is 0 Å². The first-order valence-electron chi connectivity index (χ1n) is 6.04. The van der Waals surface area contributed by atoms with Crippen LogP contribution in [-0.2, 0) is 12.8 Å². The van der Waals surface area contributed by atoms with Gasteiger partial charge in [0.15, 0.2) is 0 Å². The van der Waals surface area contributed by atoms with Crippen molar-refractivity contribution in [2.24, 2.45) is 0 Å². The van der Waals surface area contributed by atoms with Crippen molar-refractivity contribution in [3.8, 4) is 0 Å². The van der Waals surface area contributed by atoms with Crippen LogP contribution >= 0.6 is 0 Å². The van der Waals surface area contributed by atoms with Crippen molar-refractivity contribution >= 4 is 0 Å². The summed E-state index contributed by atoms with van der Waals surface area (Å²) in [5.74, 6) is 0.649. The van der Waals surface area contributed by atoms with E-state index in [0.717, 1.165) is 0 Å². The van der Waals surface area contributed by atoms with Crippen molar-refractivity contribution < 1.29 is 0 Å². The molecular formula is C15H20. The van der Waals surface area contributed by atoms with Crippen molar-refractivity contribution in [3.05, 3.63) is 47.0 Å². The van der Waals surface area contributed by atoms with Gasteiger partial charge in [0.25, 0.3) is 0 Å². The maximum Gasteiger partial charge on any atom is -0.0219 e. The summed E-state index contributed by atoms with van der Waals surface area (Å²) in [5.41, 5.74) is 4.62. The number of hydrogen-bond acceptors (Lipinski definition) is 0. The molecule has 0 heteroatoms. The molecule has 0 fully saturated rings. The summed E-state index contributed by atoms with van der Waals surface area (Å²) in [5, 5.41) is 0. The molecule has 1 aliphatic rings. The van der Waals surface area contributed by atoms with Gasteiger partial charge in [-0.1, -0.05) is 44.2 Å². The Morgan fingerprint density at radius 3 is 2.27 bits per heavy atom. The summed E-state index contributed by atoms with van der Waals surface area (Å²) in [7, 11) is 0. The topological polar surface area (TPSA) is 0 Å². The fraction of sp³-hybridized carbons (Fsp3) is 0.467. The first kappa shape index (κ1) is 10.5. The molecule has 0 amide bonds. The van der Waals surface area contributed by atoms with Gasteiger partial charge in [-0.05, 0) is 48.3 Å². The lowest BCUT2D eigenvalue weighted by molar-refractivity contribution is 0.843. The molecule has 0 radical (unpaired) electrons. The molecule has 80 valence electrons. The number of fused-ring (bicyclic) bond motifs is 1. The Bertz CT molecular complexity index is 358. The standard InChI is InChI=1S/C15H20/c1-12(2)14-10-9-13-7-5-3-4-6-8-15(13)11-14/h3-4,9-12H,5-8H2,1-2H3/b4-3-. The normalized spacial score (nSPS) is 18.1. The minimum Gasteiger partial charge on any atom is -0.0882 e. The molecule has 0 spiro atoms. The molecule has 0 saturated carbocycles. The predicted molar refractivity (Wildman–Crippen MR) is 66.3 cm³/mol. The minimum absolute atomic E-state index is 0.649. The smallest absolute Gasteiger partial charge is 0.0219 e. The van der Waals surface area contributed by atoms with Gasteiger partial charge in [-0.25, -0.2) is 0 Å². The number of hydrogen-bond donors (Lipinski definition) is 0. The maximum atomic E-state index is 2.42. The van der Waals surface area contributed by atoms with E-state index in [-0.39, 0.29) is 0 Å². The molecule has 0 aliphatic heterocycles. The number of allylic oxidation sites excluding steroid dienone is 2. The molecule has 0 saturated heterocycles. The minimum atomic E-state index is 0.649. The molecule has 1 aliphatic carbocycles. The van der Waals surface area contributed by atoms with E-state index in [2.05, 4.69) is 44.2 Å². The lowest BCUT2D eigenvalue weighted by Crippen LogP contribution is -1.99. The predicted octanol–water partition coefficient (Wildman–Crippen LogP) is 4.25. The van der Waals surface area contributed by atoms with Crippen LogP contribution in [0.2, 0.25) is 0 Å². The van der Waals surface area contributed by atoms with Crippen molar-refractivity contribution in [1.29, 1.82) is 0 Å². The van der Waals surface area contributed by atoms with Crippen LogP contribution < -0.4 is 0 Å². The summed E-state index contributed by atoms with van der Waals surface area (Å²) >= 11 is 0. The Morgan fingerprint density at radius 2 is 1.60 bits per heavy atom. The van der Waals surface area contributed by atoms with Gasteiger partial charge >= 0.3 is 0 Å². The van der Waals surface area contributed by atoms with Crippen LogP contribution in [0.1, 0.15) is 49.3 Å². The molecule has 0 aromatic heterocycles. The van der Waals surface area contributed by atoms with E-state index in [0.29, 0.717) is 5.92 Å². The molecule has 0 unspecified atom stereocenters. The number of rotatable bonds is 1. The third kappa shape index (κ3) is 2.50. The SMILES string of the molecule is CC(C)c1ccc2c(c1)CC/C=C\CC2. The molecule has 1 aromatic rings. The summed E-state index contributed by atoms with van der Waals surface area (Å²) in [6.45, 7) is 4.54. The van der Waals surface area contributed by atoms with Gasteiger partial charge in [-0.2, -0.15) is 0 Å². The zero-order valence-corrected chi connectivity index (χ0v) is 9.79. The molecule has 2 rings (SSSR count). The highest BCUT2D eigenvalue weighted by atomic mass is 14.1. The van der Waals surface area contributed by atoms with Crippen LogP contribution in [0.15, 0.2) is 30.4 Å². The van der Waals surface area contributed by atoms with Crippen LogP contribution in [0.5, 0.6) is 0 Å². The molecule has 0 nitrogen and oxygen atoms in total. The molecule has 0 bridgehead atoms. The highest BCUT2D eigenvalue weighted by Gasteiger charge is 2.06. The van der Waals surface area contributed by atoms with Gasteiger partial charge in [0, 0.05) is 0 Å². The van der Waals surface area contributed by atoms with Gasteiger partial charge in [0.2, 0.25) is 0 Å². The van der Waals surface area contributed by atoms with Crippen LogP contribution in [0.25, 0.3) is 0 Å². The molecule has 0 N–H and O–H groups in total. The third-order valence-corrected chi connectivity index (χ3v) is 3.22. The third-order valence-electron chi connectivity index (χ3n) is 3.22. The van der Waals surface area contributed by atoms with Gasteiger partial charge in [0.05, 0.1) is 0 Å². The lowest BCUT2D eigenvalue weighted by Gasteiger charge is -2.14.